The summed E-state index contributed by atoms with van der Waals surface area (Å²) in [5, 5.41) is 7.37. The molecule has 2 aromatic heterocycles. The lowest BCUT2D eigenvalue weighted by Gasteiger charge is -2.33. The van der Waals surface area contributed by atoms with Crippen LogP contribution in [-0.4, -0.2) is 47.0 Å². The Bertz CT molecular complexity index is 1680. The third-order valence-corrected chi connectivity index (χ3v) is 8.64. The monoisotopic (exact) mass is 568 g/mol. The minimum absolute atomic E-state index is 0.0469. The Hall–Kier alpha value is -3.87. The molecule has 0 radical (unpaired) electrons. The summed E-state index contributed by atoms with van der Waals surface area (Å²) in [6.07, 6.45) is 7.98. The van der Waals surface area contributed by atoms with Crippen LogP contribution in [0.15, 0.2) is 64.4 Å². The van der Waals surface area contributed by atoms with Crippen LogP contribution in [0.25, 0.3) is 11.0 Å². The number of halogens is 1. The number of fused-ring (bicyclic) bond motifs is 1. The molecule has 6 rings (SSSR count). The number of nitrogens with one attached hydrogen (secondary N) is 2. The number of pyridine rings is 1. The largest absolute Gasteiger partial charge is 0.372 e. The highest BCUT2D eigenvalue weighted by atomic mass is 32.2. The van der Waals surface area contributed by atoms with E-state index >= 15 is 0 Å². The molecule has 9 heteroatoms. The summed E-state index contributed by atoms with van der Waals surface area (Å²) in [7, 11) is 2.14. The third-order valence-electron chi connectivity index (χ3n) is 7.81. The SMILES string of the molecule is CSc1cccc(F)c1Cn1c(=O)c(C#CC2CC2)cc2cnc(Nc3ccc(N(C)C4CCNCC4)cc3)nc21. The number of rotatable bonds is 7. The van der Waals surface area contributed by atoms with Gasteiger partial charge in [0.15, 0.2) is 0 Å². The maximum atomic E-state index is 15.0. The van der Waals surface area contributed by atoms with Crippen molar-refractivity contribution in [1.82, 2.24) is 19.9 Å². The van der Waals surface area contributed by atoms with Gasteiger partial charge in [0, 0.05) is 52.4 Å². The molecule has 0 amide bonds. The van der Waals surface area contributed by atoms with Crippen molar-refractivity contribution in [2.45, 2.75) is 43.2 Å². The molecule has 7 nitrogen and oxygen atoms in total. The lowest BCUT2D eigenvalue weighted by atomic mass is 10.0. The third kappa shape index (κ3) is 6.09. The van der Waals surface area contributed by atoms with Gasteiger partial charge in [0.1, 0.15) is 11.5 Å². The number of thioether (sulfide) groups is 1. The van der Waals surface area contributed by atoms with Gasteiger partial charge in [-0.2, -0.15) is 4.98 Å². The van der Waals surface area contributed by atoms with E-state index in [1.165, 1.54) is 22.4 Å². The molecule has 2 aromatic carbocycles. The van der Waals surface area contributed by atoms with Crippen molar-refractivity contribution >= 4 is 40.1 Å². The van der Waals surface area contributed by atoms with Crippen molar-refractivity contribution < 1.29 is 4.39 Å². The quantitative estimate of drug-likeness (QED) is 0.229. The van der Waals surface area contributed by atoms with Gasteiger partial charge in [-0.3, -0.25) is 9.36 Å². The van der Waals surface area contributed by atoms with E-state index < -0.39 is 0 Å². The molecular weight excluding hydrogens is 535 g/mol. The summed E-state index contributed by atoms with van der Waals surface area (Å²) in [4.78, 5) is 26.1. The molecule has 1 saturated carbocycles. The molecule has 1 aliphatic carbocycles. The lowest BCUT2D eigenvalue weighted by molar-refractivity contribution is 0.443. The molecular formula is C32H33FN6OS. The van der Waals surface area contributed by atoms with Crippen LogP contribution in [0.2, 0.25) is 0 Å². The van der Waals surface area contributed by atoms with Gasteiger partial charge in [0.05, 0.1) is 12.1 Å². The van der Waals surface area contributed by atoms with Crippen LogP contribution in [0.3, 0.4) is 0 Å². The minimum Gasteiger partial charge on any atom is -0.372 e. The second kappa shape index (κ2) is 11.9. The van der Waals surface area contributed by atoms with Crippen LogP contribution in [0.4, 0.5) is 21.7 Å². The van der Waals surface area contributed by atoms with Gasteiger partial charge in [0.25, 0.3) is 5.56 Å². The molecule has 0 atom stereocenters. The maximum absolute atomic E-state index is 15.0. The number of aromatic nitrogens is 3. The average molecular weight is 569 g/mol. The molecule has 2 aliphatic rings. The van der Waals surface area contributed by atoms with E-state index in [9.17, 15) is 9.18 Å². The predicted octanol–water partition coefficient (Wildman–Crippen LogP) is 5.39. The molecule has 2 N–H and O–H groups in total. The van der Waals surface area contributed by atoms with Crippen molar-refractivity contribution in [1.29, 1.82) is 0 Å². The zero-order valence-electron chi connectivity index (χ0n) is 23.3. The van der Waals surface area contributed by atoms with Crippen LogP contribution in [0, 0.1) is 23.6 Å². The van der Waals surface area contributed by atoms with E-state index in [0.717, 1.165) is 55.0 Å². The number of hydrogen-bond acceptors (Lipinski definition) is 7. The van der Waals surface area contributed by atoms with Gasteiger partial charge in [-0.1, -0.05) is 17.9 Å². The fourth-order valence-electron chi connectivity index (χ4n) is 5.22. The highest BCUT2D eigenvalue weighted by Crippen LogP contribution is 2.28. The van der Waals surface area contributed by atoms with Gasteiger partial charge in [-0.25, -0.2) is 9.37 Å². The summed E-state index contributed by atoms with van der Waals surface area (Å²) < 4.78 is 16.5. The van der Waals surface area contributed by atoms with E-state index in [2.05, 4.69) is 51.5 Å². The van der Waals surface area contributed by atoms with Crippen LogP contribution in [0.1, 0.15) is 36.8 Å². The average Bonchev–Trinajstić information content (AvgIpc) is 3.84. The van der Waals surface area contributed by atoms with Crippen molar-refractivity contribution in [3.8, 4) is 11.8 Å². The number of piperidine rings is 1. The molecule has 3 heterocycles. The fraction of sp³-hybridized carbons (Fsp3) is 0.344. The lowest BCUT2D eigenvalue weighted by Crippen LogP contribution is -2.41. The normalized spacial score (nSPS) is 15.4. The molecule has 210 valence electrons. The van der Waals surface area contributed by atoms with Crippen molar-refractivity contribution in [2.24, 2.45) is 5.92 Å². The molecule has 0 bridgehead atoms. The summed E-state index contributed by atoms with van der Waals surface area (Å²) in [6, 6.07) is 15.4. The molecule has 41 heavy (non-hydrogen) atoms. The summed E-state index contributed by atoms with van der Waals surface area (Å²) in [6.45, 7) is 2.14. The van der Waals surface area contributed by atoms with E-state index in [1.54, 1.807) is 18.3 Å². The minimum atomic E-state index is -0.353. The number of anilines is 3. The highest BCUT2D eigenvalue weighted by molar-refractivity contribution is 7.98. The second-order valence-electron chi connectivity index (χ2n) is 10.7. The van der Waals surface area contributed by atoms with Crippen LogP contribution in [-0.2, 0) is 6.54 Å². The first-order valence-corrected chi connectivity index (χ1v) is 15.3. The van der Waals surface area contributed by atoms with Crippen molar-refractivity contribution in [3.05, 3.63) is 82.0 Å². The Balaban J connectivity index is 1.33. The maximum Gasteiger partial charge on any atom is 0.268 e. The zero-order valence-corrected chi connectivity index (χ0v) is 24.1. The standard InChI is InChI=1S/C32H33FN6OS/c1-38(26-14-16-34-17-15-26)25-12-10-24(11-13-25)36-32-35-19-23-18-22(9-8-21-6-7-21)31(40)39(30(23)37-32)20-27-28(33)4-3-5-29(27)41-2/h3-5,10-13,18-19,21,26,34H,6-7,14-17,20H2,1-2H3,(H,35,36,37). The molecule has 4 aromatic rings. The van der Waals surface area contributed by atoms with Crippen molar-refractivity contribution in [2.75, 3.05) is 36.6 Å². The molecule has 2 fully saturated rings. The number of nitrogens with zero attached hydrogens (tertiary/aromatic N) is 4. The van der Waals surface area contributed by atoms with E-state index in [1.807, 2.05) is 24.5 Å². The zero-order chi connectivity index (χ0) is 28.3. The number of benzene rings is 2. The van der Waals surface area contributed by atoms with E-state index in [-0.39, 0.29) is 17.9 Å². The van der Waals surface area contributed by atoms with Gasteiger partial charge >= 0.3 is 0 Å². The summed E-state index contributed by atoms with van der Waals surface area (Å²) >= 11 is 1.45. The van der Waals surface area contributed by atoms with Gasteiger partial charge in [-0.05, 0) is 87.5 Å². The first-order valence-electron chi connectivity index (χ1n) is 14.0. The summed E-state index contributed by atoms with van der Waals surface area (Å²) in [5.74, 6) is 6.60. The van der Waals surface area contributed by atoms with Crippen molar-refractivity contribution in [3.63, 3.8) is 0 Å². The predicted molar refractivity (Wildman–Crippen MR) is 165 cm³/mol. The Kier molecular flexibility index (Phi) is 7.95. The van der Waals surface area contributed by atoms with E-state index in [4.69, 9.17) is 4.98 Å². The Morgan fingerprint density at radius 3 is 2.66 bits per heavy atom. The van der Waals surface area contributed by atoms with Crippen LogP contribution < -0.4 is 21.1 Å². The Morgan fingerprint density at radius 2 is 1.93 bits per heavy atom. The molecule has 0 unspecified atom stereocenters. The first-order chi connectivity index (χ1) is 20.0. The topological polar surface area (TPSA) is 75.1 Å². The second-order valence-corrected chi connectivity index (χ2v) is 11.5. The van der Waals surface area contributed by atoms with E-state index in [0.29, 0.717) is 40.1 Å². The van der Waals surface area contributed by atoms with Gasteiger partial charge < -0.3 is 15.5 Å². The smallest absolute Gasteiger partial charge is 0.268 e. The highest BCUT2D eigenvalue weighted by Gasteiger charge is 2.20. The number of hydrogen-bond donors (Lipinski definition) is 2. The Morgan fingerprint density at radius 1 is 1.15 bits per heavy atom. The molecule has 1 saturated heterocycles. The first kappa shape index (κ1) is 27.3. The fourth-order valence-corrected chi connectivity index (χ4v) is 5.84. The van der Waals surface area contributed by atoms with Crippen LogP contribution in [0.5, 0.6) is 0 Å². The van der Waals surface area contributed by atoms with Gasteiger partial charge in [-0.15, -0.1) is 11.8 Å². The summed E-state index contributed by atoms with van der Waals surface area (Å²) in [5.41, 5.74) is 2.98. The van der Waals surface area contributed by atoms with Gasteiger partial charge in [0.2, 0.25) is 5.95 Å². The molecule has 0 spiro atoms. The molecule has 1 aliphatic heterocycles. The Labute approximate surface area is 243 Å². The van der Waals surface area contributed by atoms with Crippen LogP contribution >= 0.6 is 11.8 Å².